The lowest BCUT2D eigenvalue weighted by Crippen LogP contribution is -2.30. The van der Waals surface area contributed by atoms with Crippen LogP contribution in [-0.2, 0) is 6.42 Å². The van der Waals surface area contributed by atoms with Crippen LogP contribution in [0.2, 0.25) is 0 Å². The van der Waals surface area contributed by atoms with Crippen LogP contribution in [0.15, 0.2) is 18.2 Å². The second-order valence-electron chi connectivity index (χ2n) is 7.11. The van der Waals surface area contributed by atoms with Gasteiger partial charge in [0.2, 0.25) is 0 Å². The first-order valence-corrected chi connectivity index (χ1v) is 8.22. The van der Waals surface area contributed by atoms with Crippen LogP contribution in [0.25, 0.3) is 0 Å². The van der Waals surface area contributed by atoms with Gasteiger partial charge in [-0.15, -0.1) is 0 Å². The first-order chi connectivity index (χ1) is 9.61. The van der Waals surface area contributed by atoms with Gasteiger partial charge in [0.1, 0.15) is 0 Å². The zero-order valence-electron chi connectivity index (χ0n) is 12.9. The molecule has 0 bridgehead atoms. The largest absolute Gasteiger partial charge is 0.371 e. The Labute approximate surface area is 123 Å². The van der Waals surface area contributed by atoms with Gasteiger partial charge in [-0.1, -0.05) is 17.7 Å². The monoisotopic (exact) mass is 272 g/mol. The average Bonchev–Trinajstić information content (AvgIpc) is 3.22. The van der Waals surface area contributed by atoms with E-state index in [1.165, 1.54) is 55.6 Å². The van der Waals surface area contributed by atoms with Crippen molar-refractivity contribution in [2.45, 2.75) is 52.0 Å². The lowest BCUT2D eigenvalue weighted by molar-refractivity contribution is 0.669. The molecule has 1 atom stereocenters. The van der Waals surface area contributed by atoms with Crippen molar-refractivity contribution in [1.82, 2.24) is 0 Å². The third-order valence-corrected chi connectivity index (χ3v) is 4.47. The third-order valence-electron chi connectivity index (χ3n) is 4.47. The minimum atomic E-state index is 0.235. The molecule has 2 saturated carbocycles. The summed E-state index contributed by atoms with van der Waals surface area (Å²) in [6, 6.07) is 7.16. The van der Waals surface area contributed by atoms with Gasteiger partial charge in [0.05, 0.1) is 0 Å². The van der Waals surface area contributed by atoms with E-state index in [-0.39, 0.29) is 6.04 Å². The third kappa shape index (κ3) is 3.76. The number of nitrogens with two attached hydrogens (primary N) is 1. The van der Waals surface area contributed by atoms with Crippen molar-refractivity contribution in [1.29, 1.82) is 0 Å². The van der Waals surface area contributed by atoms with Gasteiger partial charge in [0.15, 0.2) is 0 Å². The number of benzene rings is 1. The van der Waals surface area contributed by atoms with Crippen molar-refractivity contribution >= 4 is 5.69 Å². The molecule has 2 heteroatoms. The summed E-state index contributed by atoms with van der Waals surface area (Å²) in [5.74, 6) is 1.89. The highest BCUT2D eigenvalue weighted by atomic mass is 15.1. The van der Waals surface area contributed by atoms with Crippen molar-refractivity contribution in [3.8, 4) is 0 Å². The van der Waals surface area contributed by atoms with E-state index >= 15 is 0 Å². The van der Waals surface area contributed by atoms with Crippen LogP contribution in [-0.4, -0.2) is 19.1 Å². The summed E-state index contributed by atoms with van der Waals surface area (Å²) in [5.41, 5.74) is 10.3. The van der Waals surface area contributed by atoms with E-state index in [9.17, 15) is 0 Å². The molecule has 2 N–H and O–H groups in total. The predicted molar refractivity (Wildman–Crippen MR) is 86.2 cm³/mol. The van der Waals surface area contributed by atoms with Crippen LogP contribution in [0.1, 0.15) is 43.7 Å². The van der Waals surface area contributed by atoms with Crippen LogP contribution in [0.5, 0.6) is 0 Å². The molecule has 2 aliphatic rings. The molecule has 1 unspecified atom stereocenters. The molecule has 0 aliphatic heterocycles. The van der Waals surface area contributed by atoms with Crippen molar-refractivity contribution < 1.29 is 0 Å². The Hall–Kier alpha value is -1.02. The lowest BCUT2D eigenvalue weighted by Gasteiger charge is -2.28. The van der Waals surface area contributed by atoms with E-state index in [0.717, 1.165) is 18.3 Å². The summed E-state index contributed by atoms with van der Waals surface area (Å²) >= 11 is 0. The van der Waals surface area contributed by atoms with Gasteiger partial charge in [-0.25, -0.2) is 0 Å². The lowest BCUT2D eigenvalue weighted by atomic mass is 10.0. The fourth-order valence-electron chi connectivity index (χ4n) is 3.03. The molecule has 1 aromatic rings. The minimum Gasteiger partial charge on any atom is -0.371 e. The van der Waals surface area contributed by atoms with Gasteiger partial charge in [0.25, 0.3) is 0 Å². The fraction of sp³-hybridized carbons (Fsp3) is 0.667. The van der Waals surface area contributed by atoms with Gasteiger partial charge in [0, 0.05) is 24.8 Å². The van der Waals surface area contributed by atoms with Crippen LogP contribution in [0.3, 0.4) is 0 Å². The number of rotatable bonds is 7. The van der Waals surface area contributed by atoms with E-state index in [1.54, 1.807) is 0 Å². The molecule has 0 aromatic heterocycles. The zero-order chi connectivity index (χ0) is 14.1. The predicted octanol–water partition coefficient (Wildman–Crippen LogP) is 3.51. The van der Waals surface area contributed by atoms with E-state index < -0.39 is 0 Å². The number of hydrogen-bond donors (Lipinski definition) is 1. The van der Waals surface area contributed by atoms with Gasteiger partial charge in [-0.05, 0) is 69.4 Å². The maximum Gasteiger partial charge on any atom is 0.0399 e. The van der Waals surface area contributed by atoms with E-state index in [4.69, 9.17) is 5.73 Å². The summed E-state index contributed by atoms with van der Waals surface area (Å²) in [5, 5.41) is 0. The average molecular weight is 272 g/mol. The molecule has 2 fully saturated rings. The molecule has 0 heterocycles. The van der Waals surface area contributed by atoms with Gasteiger partial charge < -0.3 is 10.6 Å². The van der Waals surface area contributed by atoms with Crippen molar-refractivity contribution in [3.63, 3.8) is 0 Å². The summed E-state index contributed by atoms with van der Waals surface area (Å²) < 4.78 is 0. The maximum atomic E-state index is 6.05. The maximum absolute atomic E-state index is 6.05. The summed E-state index contributed by atoms with van der Waals surface area (Å²) in [6.45, 7) is 6.80. The second-order valence-corrected chi connectivity index (χ2v) is 7.11. The Kier molecular flexibility index (Phi) is 4.02. The SMILES string of the molecule is Cc1ccc(N(CC2CC2)CC2CC2)c(CC(C)N)c1. The molecule has 1 aromatic carbocycles. The highest BCUT2D eigenvalue weighted by Gasteiger charge is 2.30. The Morgan fingerprint density at radius 3 is 2.25 bits per heavy atom. The summed E-state index contributed by atoms with van der Waals surface area (Å²) in [7, 11) is 0. The highest BCUT2D eigenvalue weighted by molar-refractivity contribution is 5.55. The molecule has 0 saturated heterocycles. The molecule has 110 valence electrons. The van der Waals surface area contributed by atoms with Crippen LogP contribution < -0.4 is 10.6 Å². The van der Waals surface area contributed by atoms with Crippen molar-refractivity contribution in [3.05, 3.63) is 29.3 Å². The summed E-state index contributed by atoms with van der Waals surface area (Å²) in [4.78, 5) is 2.66. The first-order valence-electron chi connectivity index (χ1n) is 8.22. The Morgan fingerprint density at radius 2 is 1.75 bits per heavy atom. The molecule has 0 radical (unpaired) electrons. The van der Waals surface area contributed by atoms with Gasteiger partial charge in [-0.2, -0.15) is 0 Å². The van der Waals surface area contributed by atoms with Crippen LogP contribution in [0, 0.1) is 18.8 Å². The Morgan fingerprint density at radius 1 is 1.15 bits per heavy atom. The quantitative estimate of drug-likeness (QED) is 0.823. The molecular weight excluding hydrogens is 244 g/mol. The Bertz CT molecular complexity index is 444. The smallest absolute Gasteiger partial charge is 0.0399 e. The number of hydrogen-bond acceptors (Lipinski definition) is 2. The normalized spacial score (nSPS) is 19.9. The molecule has 20 heavy (non-hydrogen) atoms. The Balaban J connectivity index is 1.82. The van der Waals surface area contributed by atoms with Crippen molar-refractivity contribution in [2.24, 2.45) is 17.6 Å². The molecule has 2 nitrogen and oxygen atoms in total. The van der Waals surface area contributed by atoms with Crippen molar-refractivity contribution in [2.75, 3.05) is 18.0 Å². The highest BCUT2D eigenvalue weighted by Crippen LogP contribution is 2.37. The van der Waals surface area contributed by atoms with E-state index in [1.807, 2.05) is 0 Å². The van der Waals surface area contributed by atoms with Crippen LogP contribution >= 0.6 is 0 Å². The van der Waals surface area contributed by atoms with Gasteiger partial charge >= 0.3 is 0 Å². The first kappa shape index (κ1) is 13.9. The standard InChI is InChI=1S/C18H28N2/c1-13-3-8-18(17(9-13)10-14(2)19)20(11-15-4-5-15)12-16-6-7-16/h3,8-9,14-16H,4-7,10-12,19H2,1-2H3. The molecular formula is C18H28N2. The summed E-state index contributed by atoms with van der Waals surface area (Å²) in [6.07, 6.45) is 6.69. The zero-order valence-corrected chi connectivity index (χ0v) is 12.9. The number of aryl methyl sites for hydroxylation is 1. The second kappa shape index (κ2) is 5.77. The topological polar surface area (TPSA) is 29.3 Å². The van der Waals surface area contributed by atoms with Gasteiger partial charge in [-0.3, -0.25) is 0 Å². The fourth-order valence-corrected chi connectivity index (χ4v) is 3.03. The molecule has 0 spiro atoms. The molecule has 0 amide bonds. The van der Waals surface area contributed by atoms with E-state index in [2.05, 4.69) is 36.9 Å². The molecule has 3 rings (SSSR count). The number of nitrogens with zero attached hydrogens (tertiary/aromatic N) is 1. The molecule has 2 aliphatic carbocycles. The van der Waals surface area contributed by atoms with Crippen LogP contribution in [0.4, 0.5) is 5.69 Å². The minimum absolute atomic E-state index is 0.235. The van der Waals surface area contributed by atoms with E-state index in [0.29, 0.717) is 0 Å². The number of anilines is 1.